The maximum Gasteiger partial charge on any atom is 0.138 e. The average molecular weight is 223 g/mol. The van der Waals surface area contributed by atoms with Gasteiger partial charge >= 0.3 is 0 Å². The fourth-order valence-corrected chi connectivity index (χ4v) is 3.64. The summed E-state index contributed by atoms with van der Waals surface area (Å²) in [4.78, 5) is 12.2. The molecule has 1 saturated carbocycles. The lowest BCUT2D eigenvalue weighted by Gasteiger charge is -2.36. The maximum absolute atomic E-state index is 12.2. The zero-order chi connectivity index (χ0) is 11.5. The predicted octanol–water partition coefficient (Wildman–Crippen LogP) is 2.77. The molecular weight excluding hydrogens is 198 g/mol. The summed E-state index contributed by atoms with van der Waals surface area (Å²) in [5, 5.41) is 3.61. The van der Waals surface area contributed by atoms with Gasteiger partial charge in [0, 0.05) is 18.4 Å². The van der Waals surface area contributed by atoms with E-state index >= 15 is 0 Å². The van der Waals surface area contributed by atoms with Gasteiger partial charge in [-0.25, -0.2) is 0 Å². The van der Waals surface area contributed by atoms with Gasteiger partial charge in [-0.15, -0.1) is 0 Å². The molecule has 0 bridgehead atoms. The van der Waals surface area contributed by atoms with E-state index in [-0.39, 0.29) is 0 Å². The van der Waals surface area contributed by atoms with Crippen LogP contribution in [0.4, 0.5) is 0 Å². The first-order valence-electron chi connectivity index (χ1n) is 6.94. The van der Waals surface area contributed by atoms with Gasteiger partial charge in [0.05, 0.1) is 0 Å². The molecular formula is C14H25NO. The Labute approximate surface area is 99.2 Å². The first kappa shape index (κ1) is 12.1. The lowest BCUT2D eigenvalue weighted by molar-refractivity contribution is -0.129. The van der Waals surface area contributed by atoms with E-state index in [4.69, 9.17) is 0 Å². The smallest absolute Gasteiger partial charge is 0.138 e. The molecule has 1 N–H and O–H groups in total. The first-order valence-corrected chi connectivity index (χ1v) is 6.94. The lowest BCUT2D eigenvalue weighted by Crippen LogP contribution is -2.45. The van der Waals surface area contributed by atoms with Crippen molar-refractivity contribution in [3.05, 3.63) is 0 Å². The van der Waals surface area contributed by atoms with Crippen molar-refractivity contribution < 1.29 is 4.79 Å². The molecule has 2 fully saturated rings. The maximum atomic E-state index is 12.2. The third-order valence-electron chi connectivity index (χ3n) is 4.34. The van der Waals surface area contributed by atoms with E-state index in [2.05, 4.69) is 19.2 Å². The minimum Gasteiger partial charge on any atom is -0.313 e. The van der Waals surface area contributed by atoms with Crippen LogP contribution in [0.2, 0.25) is 0 Å². The molecule has 4 atom stereocenters. The summed E-state index contributed by atoms with van der Waals surface area (Å²) in [6.07, 6.45) is 7.15. The molecule has 0 aromatic heterocycles. The molecule has 2 rings (SSSR count). The molecule has 1 aliphatic heterocycles. The molecule has 1 saturated heterocycles. The molecule has 0 amide bonds. The molecule has 0 aromatic rings. The van der Waals surface area contributed by atoms with Gasteiger partial charge < -0.3 is 5.32 Å². The van der Waals surface area contributed by atoms with Crippen LogP contribution in [0.1, 0.15) is 52.4 Å². The zero-order valence-corrected chi connectivity index (χ0v) is 10.7. The standard InChI is InChI=1S/C14H25NO/c1-10-8-11(2)14(13(16)9-10)12-6-4-3-5-7-15-12/h10-12,14-15H,3-9H2,1-2H3. The topological polar surface area (TPSA) is 29.1 Å². The summed E-state index contributed by atoms with van der Waals surface area (Å²) < 4.78 is 0. The van der Waals surface area contributed by atoms with E-state index in [9.17, 15) is 4.79 Å². The number of hydrogen-bond acceptors (Lipinski definition) is 2. The van der Waals surface area contributed by atoms with Gasteiger partial charge in [-0.1, -0.05) is 26.7 Å². The van der Waals surface area contributed by atoms with Gasteiger partial charge in [-0.2, -0.15) is 0 Å². The quantitative estimate of drug-likeness (QED) is 0.740. The van der Waals surface area contributed by atoms with Crippen LogP contribution < -0.4 is 5.32 Å². The fourth-order valence-electron chi connectivity index (χ4n) is 3.64. The lowest BCUT2D eigenvalue weighted by atomic mass is 9.71. The van der Waals surface area contributed by atoms with Crippen molar-refractivity contribution in [1.82, 2.24) is 5.32 Å². The average Bonchev–Trinajstić information content (AvgIpc) is 2.44. The second-order valence-electron chi connectivity index (χ2n) is 5.92. The highest BCUT2D eigenvalue weighted by Gasteiger charge is 2.37. The molecule has 16 heavy (non-hydrogen) atoms. The SMILES string of the molecule is CC1CC(=O)C(C2CCCCCN2)C(C)C1. The van der Waals surface area contributed by atoms with Crippen LogP contribution in [0, 0.1) is 17.8 Å². The Hall–Kier alpha value is -0.370. The third kappa shape index (κ3) is 2.65. The van der Waals surface area contributed by atoms with Crippen LogP contribution in [0.15, 0.2) is 0 Å². The van der Waals surface area contributed by atoms with Gasteiger partial charge in [0.2, 0.25) is 0 Å². The van der Waals surface area contributed by atoms with Gasteiger partial charge in [0.1, 0.15) is 5.78 Å². The van der Waals surface area contributed by atoms with Gasteiger partial charge in [0.15, 0.2) is 0 Å². The molecule has 0 radical (unpaired) electrons. The number of carbonyl (C=O) groups excluding carboxylic acids is 1. The van der Waals surface area contributed by atoms with E-state index in [0.717, 1.165) is 13.0 Å². The van der Waals surface area contributed by atoms with Gasteiger partial charge in [0.25, 0.3) is 0 Å². The highest BCUT2D eigenvalue weighted by Crippen LogP contribution is 2.34. The van der Waals surface area contributed by atoms with Crippen LogP contribution in [-0.2, 0) is 4.79 Å². The van der Waals surface area contributed by atoms with Crippen molar-refractivity contribution in [2.45, 2.75) is 58.4 Å². The molecule has 2 heteroatoms. The Morgan fingerprint density at radius 1 is 1.19 bits per heavy atom. The number of ketones is 1. The fraction of sp³-hybridized carbons (Fsp3) is 0.929. The van der Waals surface area contributed by atoms with E-state index in [1.165, 1.54) is 32.1 Å². The molecule has 0 spiro atoms. The van der Waals surface area contributed by atoms with Crippen molar-refractivity contribution in [2.24, 2.45) is 17.8 Å². The van der Waals surface area contributed by atoms with Crippen molar-refractivity contribution in [2.75, 3.05) is 6.54 Å². The summed E-state index contributed by atoms with van der Waals surface area (Å²) >= 11 is 0. The van der Waals surface area contributed by atoms with E-state index in [1.54, 1.807) is 0 Å². The summed E-state index contributed by atoms with van der Waals surface area (Å²) in [6, 6.07) is 0.470. The third-order valence-corrected chi connectivity index (χ3v) is 4.34. The van der Waals surface area contributed by atoms with E-state index in [1.807, 2.05) is 0 Å². The molecule has 2 nitrogen and oxygen atoms in total. The molecule has 1 heterocycles. The highest BCUT2D eigenvalue weighted by molar-refractivity contribution is 5.83. The first-order chi connectivity index (χ1) is 7.68. The van der Waals surface area contributed by atoms with Crippen LogP contribution >= 0.6 is 0 Å². The van der Waals surface area contributed by atoms with Crippen LogP contribution in [-0.4, -0.2) is 18.4 Å². The van der Waals surface area contributed by atoms with Crippen molar-refractivity contribution in [1.29, 1.82) is 0 Å². The van der Waals surface area contributed by atoms with Gasteiger partial charge in [-0.3, -0.25) is 4.79 Å². The minimum absolute atomic E-state index is 0.300. The number of nitrogens with one attached hydrogen (secondary N) is 1. The summed E-state index contributed by atoms with van der Waals surface area (Å²) in [5.74, 6) is 2.00. The summed E-state index contributed by atoms with van der Waals surface area (Å²) in [6.45, 7) is 5.59. The van der Waals surface area contributed by atoms with Crippen molar-refractivity contribution >= 4 is 5.78 Å². The second kappa shape index (κ2) is 5.31. The molecule has 4 unspecified atom stereocenters. The zero-order valence-electron chi connectivity index (χ0n) is 10.7. The number of hydrogen-bond donors (Lipinski definition) is 1. The van der Waals surface area contributed by atoms with Crippen molar-refractivity contribution in [3.8, 4) is 0 Å². The van der Waals surface area contributed by atoms with Gasteiger partial charge in [-0.05, 0) is 37.6 Å². The van der Waals surface area contributed by atoms with Crippen LogP contribution in [0.25, 0.3) is 0 Å². The Kier molecular flexibility index (Phi) is 4.01. The van der Waals surface area contributed by atoms with E-state index in [0.29, 0.717) is 29.6 Å². The normalized spacial score (nSPS) is 41.8. The number of Topliss-reactive ketones (excluding diaryl/α,β-unsaturated/α-hetero) is 1. The molecule has 0 aromatic carbocycles. The Morgan fingerprint density at radius 3 is 2.75 bits per heavy atom. The molecule has 92 valence electrons. The monoisotopic (exact) mass is 223 g/mol. The second-order valence-corrected chi connectivity index (χ2v) is 5.92. The number of carbonyl (C=O) groups is 1. The van der Waals surface area contributed by atoms with Crippen LogP contribution in [0.5, 0.6) is 0 Å². The summed E-state index contributed by atoms with van der Waals surface area (Å²) in [7, 11) is 0. The van der Waals surface area contributed by atoms with Crippen molar-refractivity contribution in [3.63, 3.8) is 0 Å². The minimum atomic E-state index is 0.300. The van der Waals surface area contributed by atoms with E-state index < -0.39 is 0 Å². The summed E-state index contributed by atoms with van der Waals surface area (Å²) in [5.41, 5.74) is 0. The Morgan fingerprint density at radius 2 is 2.00 bits per heavy atom. The predicted molar refractivity (Wildman–Crippen MR) is 66.3 cm³/mol. The molecule has 1 aliphatic carbocycles. The molecule has 2 aliphatic rings. The van der Waals surface area contributed by atoms with Crippen LogP contribution in [0.3, 0.4) is 0 Å². The highest BCUT2D eigenvalue weighted by atomic mass is 16.1. The Balaban J connectivity index is 2.02. The largest absolute Gasteiger partial charge is 0.313 e. The Bertz CT molecular complexity index is 243. The number of rotatable bonds is 1.